The zero-order valence-electron chi connectivity index (χ0n) is 10.1. The molecule has 14 heavy (non-hydrogen) atoms. The Kier molecular flexibility index (Phi) is 4.39. The second-order valence-corrected chi connectivity index (χ2v) is 5.64. The van der Waals surface area contributed by atoms with Gasteiger partial charge in [0.25, 0.3) is 0 Å². The molecule has 0 aromatic heterocycles. The van der Waals surface area contributed by atoms with E-state index >= 15 is 0 Å². The van der Waals surface area contributed by atoms with Crippen molar-refractivity contribution >= 4 is 0 Å². The van der Waals surface area contributed by atoms with Crippen molar-refractivity contribution in [2.45, 2.75) is 46.6 Å². The summed E-state index contributed by atoms with van der Waals surface area (Å²) in [4.78, 5) is 0. The maximum atomic E-state index is 5.52. The molecule has 2 unspecified atom stereocenters. The number of hydrogen-bond donors (Lipinski definition) is 1. The van der Waals surface area contributed by atoms with Crippen molar-refractivity contribution in [3.63, 3.8) is 0 Å². The predicted molar refractivity (Wildman–Crippen MR) is 60.5 cm³/mol. The van der Waals surface area contributed by atoms with Gasteiger partial charge in [-0.3, -0.25) is 0 Å². The summed E-state index contributed by atoms with van der Waals surface area (Å²) in [6, 6.07) is 0. The van der Waals surface area contributed by atoms with Gasteiger partial charge in [0, 0.05) is 13.2 Å². The summed E-state index contributed by atoms with van der Waals surface area (Å²) in [5.41, 5.74) is 0.449. The van der Waals surface area contributed by atoms with Crippen LogP contribution in [0.15, 0.2) is 0 Å². The molecule has 2 heteroatoms. The van der Waals surface area contributed by atoms with Crippen LogP contribution in [0.4, 0.5) is 0 Å². The molecular formula is C12H25NO. The molecule has 0 spiro atoms. The van der Waals surface area contributed by atoms with Gasteiger partial charge in [0.05, 0.1) is 6.10 Å². The van der Waals surface area contributed by atoms with E-state index < -0.39 is 0 Å². The molecule has 1 N–H and O–H groups in total. The molecule has 0 aliphatic carbocycles. The molecule has 2 atom stereocenters. The van der Waals surface area contributed by atoms with E-state index in [1.54, 1.807) is 0 Å². The highest BCUT2D eigenvalue weighted by atomic mass is 16.5. The van der Waals surface area contributed by atoms with Crippen LogP contribution in [0.5, 0.6) is 0 Å². The summed E-state index contributed by atoms with van der Waals surface area (Å²) in [7, 11) is 0. The summed E-state index contributed by atoms with van der Waals surface area (Å²) in [6.45, 7) is 12.3. The Morgan fingerprint density at radius 3 is 2.57 bits per heavy atom. The van der Waals surface area contributed by atoms with Crippen molar-refractivity contribution in [2.75, 3.05) is 19.7 Å². The van der Waals surface area contributed by atoms with Gasteiger partial charge in [0.2, 0.25) is 0 Å². The van der Waals surface area contributed by atoms with E-state index in [0.29, 0.717) is 11.5 Å². The van der Waals surface area contributed by atoms with E-state index in [-0.39, 0.29) is 0 Å². The smallest absolute Gasteiger partial charge is 0.0588 e. The zero-order chi connectivity index (χ0) is 10.6. The van der Waals surface area contributed by atoms with Crippen LogP contribution in [0.1, 0.15) is 40.5 Å². The zero-order valence-corrected chi connectivity index (χ0v) is 10.1. The van der Waals surface area contributed by atoms with Gasteiger partial charge in [-0.1, -0.05) is 20.8 Å². The van der Waals surface area contributed by atoms with E-state index in [9.17, 15) is 0 Å². The van der Waals surface area contributed by atoms with Gasteiger partial charge in [-0.05, 0) is 37.6 Å². The van der Waals surface area contributed by atoms with Gasteiger partial charge in [-0.2, -0.15) is 0 Å². The van der Waals surface area contributed by atoms with Gasteiger partial charge < -0.3 is 10.1 Å². The number of hydrogen-bond acceptors (Lipinski definition) is 2. The molecule has 1 aliphatic heterocycles. The second kappa shape index (κ2) is 5.13. The van der Waals surface area contributed by atoms with E-state index in [1.807, 2.05) is 0 Å². The first-order valence-electron chi connectivity index (χ1n) is 5.81. The monoisotopic (exact) mass is 199 g/mol. The van der Waals surface area contributed by atoms with Crippen LogP contribution in [-0.2, 0) is 4.74 Å². The standard InChI is InChI=1S/C12H25NO/c1-10-11(5-8-14-10)9-13-7-6-12(2,3)4/h10-11,13H,5-9H2,1-4H3. The Morgan fingerprint density at radius 2 is 2.07 bits per heavy atom. The fourth-order valence-corrected chi connectivity index (χ4v) is 1.79. The van der Waals surface area contributed by atoms with Crippen molar-refractivity contribution in [1.29, 1.82) is 0 Å². The first-order chi connectivity index (χ1) is 6.49. The highest BCUT2D eigenvalue weighted by Crippen LogP contribution is 2.20. The summed E-state index contributed by atoms with van der Waals surface area (Å²) in [6.07, 6.45) is 2.93. The van der Waals surface area contributed by atoms with E-state index in [1.165, 1.54) is 12.8 Å². The van der Waals surface area contributed by atoms with Crippen LogP contribution in [0.25, 0.3) is 0 Å². The fourth-order valence-electron chi connectivity index (χ4n) is 1.79. The minimum atomic E-state index is 0.449. The fraction of sp³-hybridized carbons (Fsp3) is 1.00. The molecule has 0 bridgehead atoms. The predicted octanol–water partition coefficient (Wildman–Crippen LogP) is 2.44. The number of rotatable bonds is 4. The molecule has 0 radical (unpaired) electrons. The molecule has 0 amide bonds. The topological polar surface area (TPSA) is 21.3 Å². The Bertz CT molecular complexity index is 162. The van der Waals surface area contributed by atoms with Crippen LogP contribution in [0.3, 0.4) is 0 Å². The maximum Gasteiger partial charge on any atom is 0.0588 e. The average molecular weight is 199 g/mol. The quantitative estimate of drug-likeness (QED) is 0.702. The van der Waals surface area contributed by atoms with Crippen LogP contribution in [0, 0.1) is 11.3 Å². The molecule has 1 heterocycles. The van der Waals surface area contributed by atoms with Gasteiger partial charge in [-0.15, -0.1) is 0 Å². The minimum absolute atomic E-state index is 0.449. The van der Waals surface area contributed by atoms with Gasteiger partial charge in [0.15, 0.2) is 0 Å². The Balaban J connectivity index is 2.04. The van der Waals surface area contributed by atoms with Gasteiger partial charge >= 0.3 is 0 Å². The molecule has 1 saturated heterocycles. The van der Waals surface area contributed by atoms with E-state index in [2.05, 4.69) is 33.0 Å². The maximum absolute atomic E-state index is 5.52. The number of ether oxygens (including phenoxy) is 1. The Labute approximate surface area is 88.4 Å². The highest BCUT2D eigenvalue weighted by molar-refractivity contribution is 4.75. The lowest BCUT2D eigenvalue weighted by atomic mass is 9.92. The third-order valence-corrected chi connectivity index (χ3v) is 2.99. The van der Waals surface area contributed by atoms with Gasteiger partial charge in [0.1, 0.15) is 0 Å². The molecule has 0 aromatic rings. The summed E-state index contributed by atoms with van der Waals surface area (Å²) < 4.78 is 5.52. The lowest BCUT2D eigenvalue weighted by Crippen LogP contribution is -2.29. The van der Waals surface area contributed by atoms with Crippen LogP contribution in [-0.4, -0.2) is 25.8 Å². The number of nitrogens with one attached hydrogen (secondary N) is 1. The molecule has 1 rings (SSSR count). The Hall–Kier alpha value is -0.0800. The molecule has 0 aromatic carbocycles. The second-order valence-electron chi connectivity index (χ2n) is 5.64. The molecule has 1 aliphatic rings. The van der Waals surface area contributed by atoms with Crippen LogP contribution < -0.4 is 5.32 Å². The molecular weight excluding hydrogens is 174 g/mol. The average Bonchev–Trinajstić information content (AvgIpc) is 2.44. The van der Waals surface area contributed by atoms with Crippen LogP contribution >= 0.6 is 0 Å². The highest BCUT2D eigenvalue weighted by Gasteiger charge is 2.23. The molecule has 0 saturated carbocycles. The molecule has 84 valence electrons. The lowest BCUT2D eigenvalue weighted by molar-refractivity contribution is 0.105. The van der Waals surface area contributed by atoms with E-state index in [0.717, 1.165) is 25.6 Å². The van der Waals surface area contributed by atoms with Crippen LogP contribution in [0.2, 0.25) is 0 Å². The first-order valence-corrected chi connectivity index (χ1v) is 5.81. The van der Waals surface area contributed by atoms with E-state index in [4.69, 9.17) is 4.74 Å². The minimum Gasteiger partial charge on any atom is -0.378 e. The Morgan fingerprint density at radius 1 is 1.36 bits per heavy atom. The van der Waals surface area contributed by atoms with Crippen molar-refractivity contribution in [3.05, 3.63) is 0 Å². The summed E-state index contributed by atoms with van der Waals surface area (Å²) in [5.74, 6) is 0.731. The van der Waals surface area contributed by atoms with Crippen molar-refractivity contribution in [1.82, 2.24) is 5.32 Å². The van der Waals surface area contributed by atoms with Crippen molar-refractivity contribution in [2.24, 2.45) is 11.3 Å². The van der Waals surface area contributed by atoms with Crippen molar-refractivity contribution < 1.29 is 4.74 Å². The third-order valence-electron chi connectivity index (χ3n) is 2.99. The first kappa shape index (κ1) is 12.0. The summed E-state index contributed by atoms with van der Waals surface area (Å²) >= 11 is 0. The lowest BCUT2D eigenvalue weighted by Gasteiger charge is -2.20. The third kappa shape index (κ3) is 4.43. The summed E-state index contributed by atoms with van der Waals surface area (Å²) in [5, 5.41) is 3.53. The largest absolute Gasteiger partial charge is 0.378 e. The normalized spacial score (nSPS) is 28.3. The molecule has 2 nitrogen and oxygen atoms in total. The molecule has 1 fully saturated rings. The SMILES string of the molecule is CC1OCCC1CNCCC(C)(C)C. The van der Waals surface area contributed by atoms with Gasteiger partial charge in [-0.25, -0.2) is 0 Å². The van der Waals surface area contributed by atoms with Crippen molar-refractivity contribution in [3.8, 4) is 0 Å².